The van der Waals surface area contributed by atoms with Gasteiger partial charge < -0.3 is 25.2 Å². The van der Waals surface area contributed by atoms with Crippen molar-refractivity contribution in [1.82, 2.24) is 10.2 Å². The lowest BCUT2D eigenvalue weighted by molar-refractivity contribution is -0.139. The Balaban J connectivity index is 1.56. The molecule has 2 aliphatic rings. The van der Waals surface area contributed by atoms with Crippen LogP contribution in [0.15, 0.2) is 18.2 Å². The number of phosphoric acid groups is 1. The van der Waals surface area contributed by atoms with Gasteiger partial charge in [-0.25, -0.2) is 4.57 Å². The second-order valence-electron chi connectivity index (χ2n) is 9.70. The van der Waals surface area contributed by atoms with Crippen LogP contribution in [0.2, 0.25) is 0 Å². The molecule has 1 aromatic carbocycles. The SMILES string of the molecule is CN(CCCC1CCCCC1)C(=O)[C@H](CCC(=O)O)NC(=O)C1Cc2cc(OP(=O)(O)O)ccc2N1. The van der Waals surface area contributed by atoms with Crippen LogP contribution < -0.4 is 15.2 Å². The van der Waals surface area contributed by atoms with Crippen LogP contribution in [0.25, 0.3) is 0 Å². The fourth-order valence-electron chi connectivity index (χ4n) is 4.96. The maximum Gasteiger partial charge on any atom is 0.524 e. The van der Waals surface area contributed by atoms with E-state index in [2.05, 4.69) is 15.2 Å². The smallest absolute Gasteiger partial charge is 0.481 e. The van der Waals surface area contributed by atoms with Gasteiger partial charge in [0.1, 0.15) is 17.8 Å². The molecule has 12 heteroatoms. The van der Waals surface area contributed by atoms with Gasteiger partial charge in [0.25, 0.3) is 0 Å². The highest BCUT2D eigenvalue weighted by Crippen LogP contribution is 2.39. The molecule has 0 spiro atoms. The second-order valence-corrected chi connectivity index (χ2v) is 10.9. The minimum absolute atomic E-state index is 0.0192. The summed E-state index contributed by atoms with van der Waals surface area (Å²) >= 11 is 0. The molecule has 1 aliphatic carbocycles. The van der Waals surface area contributed by atoms with Crippen LogP contribution in [0, 0.1) is 5.92 Å². The number of anilines is 1. The molecule has 1 unspecified atom stereocenters. The van der Waals surface area contributed by atoms with Gasteiger partial charge in [0.15, 0.2) is 0 Å². The van der Waals surface area contributed by atoms with Crippen molar-refractivity contribution in [3.05, 3.63) is 23.8 Å². The molecule has 2 amide bonds. The molecule has 3 rings (SSSR count). The van der Waals surface area contributed by atoms with E-state index < -0.39 is 31.8 Å². The minimum atomic E-state index is -4.71. The number of carbonyl (C=O) groups excluding carboxylic acids is 2. The largest absolute Gasteiger partial charge is 0.524 e. The Kier molecular flexibility index (Phi) is 9.76. The zero-order valence-electron chi connectivity index (χ0n) is 20.5. The highest BCUT2D eigenvalue weighted by Gasteiger charge is 2.32. The Labute approximate surface area is 210 Å². The second kappa shape index (κ2) is 12.6. The molecular weight excluding hydrogens is 489 g/mol. The van der Waals surface area contributed by atoms with E-state index in [1.54, 1.807) is 18.0 Å². The normalized spacial score (nSPS) is 18.6. The van der Waals surface area contributed by atoms with E-state index in [0.717, 1.165) is 12.8 Å². The van der Waals surface area contributed by atoms with Crippen molar-refractivity contribution in [1.29, 1.82) is 0 Å². The average molecular weight is 526 g/mol. The molecule has 1 heterocycles. The third-order valence-electron chi connectivity index (χ3n) is 6.84. The Morgan fingerprint density at radius 3 is 2.61 bits per heavy atom. The van der Waals surface area contributed by atoms with Gasteiger partial charge in [-0.15, -0.1) is 0 Å². The van der Waals surface area contributed by atoms with Gasteiger partial charge in [0.05, 0.1) is 0 Å². The van der Waals surface area contributed by atoms with Crippen LogP contribution in [-0.2, 0) is 25.4 Å². The van der Waals surface area contributed by atoms with E-state index >= 15 is 0 Å². The molecule has 0 bridgehead atoms. The summed E-state index contributed by atoms with van der Waals surface area (Å²) in [5.74, 6) is -1.14. The van der Waals surface area contributed by atoms with Crippen LogP contribution in [0.3, 0.4) is 0 Å². The fraction of sp³-hybridized carbons (Fsp3) is 0.625. The lowest BCUT2D eigenvalue weighted by Crippen LogP contribution is -2.51. The molecule has 0 saturated heterocycles. The highest BCUT2D eigenvalue weighted by molar-refractivity contribution is 7.46. The van der Waals surface area contributed by atoms with Crippen LogP contribution in [0.1, 0.15) is 63.4 Å². The summed E-state index contributed by atoms with van der Waals surface area (Å²) in [7, 11) is -3.03. The van der Waals surface area contributed by atoms with Crippen molar-refractivity contribution in [2.24, 2.45) is 5.92 Å². The van der Waals surface area contributed by atoms with E-state index in [1.165, 1.54) is 44.2 Å². The van der Waals surface area contributed by atoms with E-state index in [-0.39, 0.29) is 30.9 Å². The maximum absolute atomic E-state index is 13.1. The number of benzene rings is 1. The number of nitrogens with zero attached hydrogens (tertiary/aromatic N) is 1. The Morgan fingerprint density at radius 2 is 1.94 bits per heavy atom. The topological polar surface area (TPSA) is 166 Å². The average Bonchev–Trinajstić information content (AvgIpc) is 3.24. The molecule has 5 N–H and O–H groups in total. The number of carbonyl (C=O) groups is 3. The van der Waals surface area contributed by atoms with Crippen LogP contribution in [0.5, 0.6) is 5.75 Å². The number of carboxylic acid groups (broad SMARTS) is 1. The van der Waals surface area contributed by atoms with Crippen molar-refractivity contribution in [2.75, 3.05) is 18.9 Å². The van der Waals surface area contributed by atoms with Gasteiger partial charge in [0.2, 0.25) is 11.8 Å². The minimum Gasteiger partial charge on any atom is -0.481 e. The van der Waals surface area contributed by atoms with E-state index in [9.17, 15) is 18.9 Å². The van der Waals surface area contributed by atoms with Crippen molar-refractivity contribution in [3.8, 4) is 5.75 Å². The van der Waals surface area contributed by atoms with Crippen LogP contribution in [0.4, 0.5) is 5.69 Å². The predicted molar refractivity (Wildman–Crippen MR) is 132 cm³/mol. The number of amides is 2. The number of fused-ring (bicyclic) bond motifs is 1. The summed E-state index contributed by atoms with van der Waals surface area (Å²) in [5, 5.41) is 14.9. The highest BCUT2D eigenvalue weighted by atomic mass is 31.2. The lowest BCUT2D eigenvalue weighted by Gasteiger charge is -2.27. The molecule has 200 valence electrons. The Morgan fingerprint density at radius 1 is 1.22 bits per heavy atom. The molecular formula is C24H36N3O8P. The van der Waals surface area contributed by atoms with Crippen LogP contribution >= 0.6 is 7.82 Å². The first-order valence-electron chi connectivity index (χ1n) is 12.4. The van der Waals surface area contributed by atoms with Gasteiger partial charge in [-0.1, -0.05) is 32.1 Å². The molecule has 1 fully saturated rings. The maximum atomic E-state index is 13.1. The van der Waals surface area contributed by atoms with E-state index in [0.29, 0.717) is 23.7 Å². The molecule has 36 heavy (non-hydrogen) atoms. The first kappa shape index (κ1) is 28.0. The zero-order chi connectivity index (χ0) is 26.3. The summed E-state index contributed by atoms with van der Waals surface area (Å²) in [6, 6.07) is 2.70. The molecule has 2 atom stereocenters. The Bertz CT molecular complexity index is 992. The number of carboxylic acids is 1. The van der Waals surface area contributed by atoms with Crippen molar-refractivity contribution >= 4 is 31.3 Å². The first-order valence-corrected chi connectivity index (χ1v) is 14.0. The molecule has 1 aliphatic heterocycles. The summed E-state index contributed by atoms with van der Waals surface area (Å²) in [4.78, 5) is 56.8. The standard InChI is InChI=1S/C24H36N3O8P/c1-27(13-5-8-16-6-3-2-4-7-16)24(31)20(11-12-22(28)29)26-23(30)21-15-17-14-18(35-36(32,33)34)9-10-19(17)25-21/h9-10,14,16,20-21,25H,2-8,11-13,15H2,1H3,(H,26,30)(H,28,29)(H2,32,33,34)/t20-,21?/m0/s1. The number of rotatable bonds is 12. The molecule has 0 radical (unpaired) electrons. The number of hydrogen-bond acceptors (Lipinski definition) is 6. The number of likely N-dealkylation sites (N-methyl/N-ethyl adjacent to an activating group) is 1. The quantitative estimate of drug-likeness (QED) is 0.258. The van der Waals surface area contributed by atoms with Gasteiger partial charge in [-0.05, 0) is 48.9 Å². The number of hydrogen-bond donors (Lipinski definition) is 5. The summed E-state index contributed by atoms with van der Waals surface area (Å²) in [5.41, 5.74) is 1.25. The molecule has 1 saturated carbocycles. The third-order valence-corrected chi connectivity index (χ3v) is 7.29. The molecule has 1 aromatic rings. The Hall–Kier alpha value is -2.62. The van der Waals surface area contributed by atoms with Gasteiger partial charge >= 0.3 is 13.8 Å². The lowest BCUT2D eigenvalue weighted by atomic mass is 9.86. The number of phosphoric ester groups is 1. The van der Waals surface area contributed by atoms with E-state index in [4.69, 9.17) is 14.9 Å². The van der Waals surface area contributed by atoms with Gasteiger partial charge in [-0.3, -0.25) is 24.2 Å². The number of nitrogens with one attached hydrogen (secondary N) is 2. The summed E-state index contributed by atoms with van der Waals surface area (Å²) in [6.07, 6.45) is 8.16. The number of aliphatic carboxylic acids is 1. The van der Waals surface area contributed by atoms with Crippen molar-refractivity contribution in [3.63, 3.8) is 0 Å². The fourth-order valence-corrected chi connectivity index (χ4v) is 5.35. The predicted octanol–water partition coefficient (Wildman–Crippen LogP) is 2.66. The van der Waals surface area contributed by atoms with Crippen molar-refractivity contribution < 1.29 is 38.4 Å². The van der Waals surface area contributed by atoms with Crippen LogP contribution in [-0.4, -0.2) is 63.3 Å². The van der Waals surface area contributed by atoms with Gasteiger partial charge in [0, 0.05) is 32.1 Å². The first-order chi connectivity index (χ1) is 17.0. The summed E-state index contributed by atoms with van der Waals surface area (Å²) < 4.78 is 15.7. The monoisotopic (exact) mass is 525 g/mol. The molecule has 0 aromatic heterocycles. The van der Waals surface area contributed by atoms with Crippen molar-refractivity contribution in [2.45, 2.75) is 76.3 Å². The van der Waals surface area contributed by atoms with Gasteiger partial charge in [-0.2, -0.15) is 0 Å². The molecule has 11 nitrogen and oxygen atoms in total. The zero-order valence-corrected chi connectivity index (χ0v) is 21.4. The summed E-state index contributed by atoms with van der Waals surface area (Å²) in [6.45, 7) is 0.546. The third kappa shape index (κ3) is 8.50. The van der Waals surface area contributed by atoms with E-state index in [1.807, 2.05) is 0 Å².